The minimum atomic E-state index is -0.410. The number of furan rings is 1. The minimum absolute atomic E-state index is 0.0669. The van der Waals surface area contributed by atoms with Crippen LogP contribution in [0.1, 0.15) is 30.7 Å². The third-order valence-electron chi connectivity index (χ3n) is 4.61. The Bertz CT molecular complexity index is 965. The Hall–Kier alpha value is -3.39. The first kappa shape index (κ1) is 21.3. The monoisotopic (exact) mass is 410 g/mol. The van der Waals surface area contributed by atoms with Crippen LogP contribution in [0.25, 0.3) is 11.0 Å². The van der Waals surface area contributed by atoms with E-state index < -0.39 is 4.92 Å². The topological polar surface area (TPSA) is 102 Å². The summed E-state index contributed by atoms with van der Waals surface area (Å²) >= 11 is 0. The van der Waals surface area contributed by atoms with Crippen LogP contribution in [0.4, 0.5) is 5.69 Å². The highest BCUT2D eigenvalue weighted by Crippen LogP contribution is 2.23. The highest BCUT2D eigenvalue weighted by atomic mass is 16.6. The first-order valence-corrected chi connectivity index (χ1v) is 9.82. The van der Waals surface area contributed by atoms with Crippen LogP contribution < -0.4 is 10.6 Å². The number of guanidine groups is 1. The van der Waals surface area contributed by atoms with E-state index in [1.165, 1.54) is 12.1 Å². The van der Waals surface area contributed by atoms with E-state index in [0.717, 1.165) is 28.7 Å². The number of rotatable bonds is 9. The number of benzene rings is 2. The molecule has 1 heterocycles. The van der Waals surface area contributed by atoms with E-state index >= 15 is 0 Å². The van der Waals surface area contributed by atoms with Gasteiger partial charge in [-0.15, -0.1) is 0 Å². The number of non-ortho nitro benzene ring substituents is 1. The summed E-state index contributed by atoms with van der Waals surface area (Å²) < 4.78 is 11.0. The number of para-hydroxylation sites is 1. The third kappa shape index (κ3) is 5.81. The second kappa shape index (κ2) is 10.4. The molecule has 1 aromatic heterocycles. The van der Waals surface area contributed by atoms with E-state index in [1.54, 1.807) is 19.2 Å². The van der Waals surface area contributed by atoms with Gasteiger partial charge in [0.25, 0.3) is 5.69 Å². The van der Waals surface area contributed by atoms with Crippen LogP contribution in [-0.4, -0.2) is 31.1 Å². The normalized spacial score (nSPS) is 12.7. The second-order valence-electron chi connectivity index (χ2n) is 6.91. The molecule has 158 valence electrons. The SMILES string of the molecule is COCCCNC(=NCc1ccc([N+](=O)[O-])cc1)NC(C)c1cc2ccccc2o1. The van der Waals surface area contributed by atoms with Crippen molar-refractivity contribution in [1.29, 1.82) is 0 Å². The molecule has 8 nitrogen and oxygen atoms in total. The molecule has 0 amide bonds. The molecule has 8 heteroatoms. The number of hydrogen-bond donors (Lipinski definition) is 2. The molecule has 1 atom stereocenters. The van der Waals surface area contributed by atoms with Crippen molar-refractivity contribution in [3.05, 3.63) is 76.0 Å². The maximum Gasteiger partial charge on any atom is 0.269 e. The Labute approximate surface area is 175 Å². The van der Waals surface area contributed by atoms with Gasteiger partial charge in [0.2, 0.25) is 0 Å². The Balaban J connectivity index is 1.69. The standard InChI is InChI=1S/C22H26N4O4/c1-16(21-14-18-6-3-4-7-20(18)30-21)25-22(23-12-5-13-29-2)24-15-17-8-10-19(11-9-17)26(27)28/h3-4,6-11,14,16H,5,12-13,15H2,1-2H3,(H2,23,24,25). The van der Waals surface area contributed by atoms with Crippen LogP contribution >= 0.6 is 0 Å². The van der Waals surface area contributed by atoms with Gasteiger partial charge in [-0.3, -0.25) is 10.1 Å². The van der Waals surface area contributed by atoms with Gasteiger partial charge in [0.1, 0.15) is 11.3 Å². The maximum atomic E-state index is 10.8. The fraction of sp³-hybridized carbons (Fsp3) is 0.318. The van der Waals surface area contributed by atoms with Gasteiger partial charge >= 0.3 is 0 Å². The number of nitro benzene ring substituents is 1. The molecule has 3 aromatic rings. The van der Waals surface area contributed by atoms with Crippen molar-refractivity contribution in [3.63, 3.8) is 0 Å². The third-order valence-corrected chi connectivity index (χ3v) is 4.61. The number of methoxy groups -OCH3 is 1. The summed E-state index contributed by atoms with van der Waals surface area (Å²) in [6.45, 7) is 3.76. The fourth-order valence-electron chi connectivity index (χ4n) is 2.96. The average molecular weight is 410 g/mol. The number of fused-ring (bicyclic) bond motifs is 1. The van der Waals surface area contributed by atoms with Gasteiger partial charge in [0.15, 0.2) is 5.96 Å². The number of nitro groups is 1. The van der Waals surface area contributed by atoms with E-state index in [2.05, 4.69) is 15.6 Å². The zero-order chi connectivity index (χ0) is 21.3. The Morgan fingerprint density at radius 1 is 1.23 bits per heavy atom. The summed E-state index contributed by atoms with van der Waals surface area (Å²) in [6, 6.07) is 16.2. The Morgan fingerprint density at radius 3 is 2.70 bits per heavy atom. The molecule has 3 rings (SSSR count). The molecular weight excluding hydrogens is 384 g/mol. The van der Waals surface area contributed by atoms with E-state index in [-0.39, 0.29) is 11.7 Å². The lowest BCUT2D eigenvalue weighted by Crippen LogP contribution is -2.39. The van der Waals surface area contributed by atoms with Gasteiger partial charge < -0.3 is 19.8 Å². The average Bonchev–Trinajstić information content (AvgIpc) is 3.19. The smallest absolute Gasteiger partial charge is 0.269 e. The van der Waals surface area contributed by atoms with Crippen LogP contribution in [0.5, 0.6) is 0 Å². The van der Waals surface area contributed by atoms with Crippen molar-refractivity contribution in [1.82, 2.24) is 10.6 Å². The van der Waals surface area contributed by atoms with Gasteiger partial charge in [-0.2, -0.15) is 0 Å². The second-order valence-corrected chi connectivity index (χ2v) is 6.91. The molecule has 0 aliphatic rings. The van der Waals surface area contributed by atoms with Gasteiger partial charge in [0, 0.05) is 37.8 Å². The quantitative estimate of drug-likeness (QED) is 0.180. The molecule has 2 N–H and O–H groups in total. The number of aliphatic imine (C=N–C) groups is 1. The van der Waals surface area contributed by atoms with Gasteiger partial charge in [-0.1, -0.05) is 30.3 Å². The molecule has 1 unspecified atom stereocenters. The lowest BCUT2D eigenvalue weighted by atomic mass is 10.2. The largest absolute Gasteiger partial charge is 0.459 e. The van der Waals surface area contributed by atoms with E-state index in [0.29, 0.717) is 25.7 Å². The summed E-state index contributed by atoms with van der Waals surface area (Å²) in [5, 5.41) is 18.5. The minimum Gasteiger partial charge on any atom is -0.459 e. The number of ether oxygens (including phenoxy) is 1. The first-order chi connectivity index (χ1) is 14.6. The zero-order valence-electron chi connectivity index (χ0n) is 17.1. The van der Waals surface area contributed by atoms with E-state index in [1.807, 2.05) is 37.3 Å². The Kier molecular flexibility index (Phi) is 7.40. The van der Waals surface area contributed by atoms with Gasteiger partial charge in [0.05, 0.1) is 17.5 Å². The molecule has 0 aliphatic heterocycles. The number of hydrogen-bond acceptors (Lipinski definition) is 5. The lowest BCUT2D eigenvalue weighted by Gasteiger charge is -2.17. The van der Waals surface area contributed by atoms with E-state index in [4.69, 9.17) is 9.15 Å². The molecule has 30 heavy (non-hydrogen) atoms. The molecule has 0 radical (unpaired) electrons. The van der Waals surface area contributed by atoms with Crippen molar-refractivity contribution in [2.75, 3.05) is 20.3 Å². The highest BCUT2D eigenvalue weighted by molar-refractivity contribution is 5.81. The molecule has 0 bridgehead atoms. The summed E-state index contributed by atoms with van der Waals surface area (Å²) in [7, 11) is 1.67. The van der Waals surface area contributed by atoms with Crippen molar-refractivity contribution >= 4 is 22.6 Å². The summed E-state index contributed by atoms with van der Waals surface area (Å²) in [5.41, 5.74) is 1.80. The summed E-state index contributed by atoms with van der Waals surface area (Å²) in [6.07, 6.45) is 0.841. The van der Waals surface area contributed by atoms with Crippen molar-refractivity contribution < 1.29 is 14.1 Å². The van der Waals surface area contributed by atoms with Crippen LogP contribution in [-0.2, 0) is 11.3 Å². The van der Waals surface area contributed by atoms with Crippen molar-refractivity contribution in [2.45, 2.75) is 25.9 Å². The fourth-order valence-corrected chi connectivity index (χ4v) is 2.96. The summed E-state index contributed by atoms with van der Waals surface area (Å²) in [5.74, 6) is 1.45. The predicted octanol–water partition coefficient (Wildman–Crippen LogP) is 4.17. The van der Waals surface area contributed by atoms with E-state index in [9.17, 15) is 10.1 Å². The number of nitrogens with zero attached hydrogens (tertiary/aromatic N) is 2. The summed E-state index contributed by atoms with van der Waals surface area (Å²) in [4.78, 5) is 15.0. The molecule has 2 aromatic carbocycles. The predicted molar refractivity (Wildman–Crippen MR) is 116 cm³/mol. The van der Waals surface area contributed by atoms with Crippen LogP contribution in [0.3, 0.4) is 0 Å². The lowest BCUT2D eigenvalue weighted by molar-refractivity contribution is -0.384. The molecule has 0 fully saturated rings. The van der Waals surface area contributed by atoms with Gasteiger partial charge in [-0.05, 0) is 31.0 Å². The molecule has 0 spiro atoms. The maximum absolute atomic E-state index is 10.8. The Morgan fingerprint density at radius 2 is 2.00 bits per heavy atom. The van der Waals surface area contributed by atoms with Gasteiger partial charge in [-0.25, -0.2) is 4.99 Å². The zero-order valence-corrected chi connectivity index (χ0v) is 17.1. The molecule has 0 saturated heterocycles. The highest BCUT2D eigenvalue weighted by Gasteiger charge is 2.13. The molecule has 0 saturated carbocycles. The number of nitrogens with one attached hydrogen (secondary N) is 2. The van der Waals surface area contributed by atoms with Crippen LogP contribution in [0.15, 0.2) is 64.0 Å². The molecule has 0 aliphatic carbocycles. The van der Waals surface area contributed by atoms with Crippen LogP contribution in [0.2, 0.25) is 0 Å². The molecular formula is C22H26N4O4. The van der Waals surface area contributed by atoms with Crippen molar-refractivity contribution in [3.8, 4) is 0 Å². The van der Waals surface area contributed by atoms with Crippen LogP contribution in [0, 0.1) is 10.1 Å². The first-order valence-electron chi connectivity index (χ1n) is 9.82. The van der Waals surface area contributed by atoms with Crippen molar-refractivity contribution in [2.24, 2.45) is 4.99 Å².